The number of benzene rings is 1. The summed E-state index contributed by atoms with van der Waals surface area (Å²) in [4.78, 5) is 4.52. The van der Waals surface area contributed by atoms with Gasteiger partial charge in [0.1, 0.15) is 5.82 Å². The van der Waals surface area contributed by atoms with Gasteiger partial charge in [0.05, 0.1) is 16.8 Å². The Morgan fingerprint density at radius 3 is 2.94 bits per heavy atom. The Kier molecular flexibility index (Phi) is 3.94. The molecule has 1 N–H and O–H groups in total. The van der Waals surface area contributed by atoms with Crippen molar-refractivity contribution in [2.75, 3.05) is 11.1 Å². The molecule has 2 rings (SSSR count). The second-order valence-corrected chi connectivity index (χ2v) is 5.63. The lowest BCUT2D eigenvalue weighted by Crippen LogP contribution is -2.25. The number of hydrogen-bond donors (Lipinski definition) is 1. The molecule has 5 heteroatoms. The van der Waals surface area contributed by atoms with Gasteiger partial charge in [-0.25, -0.2) is 4.39 Å². The summed E-state index contributed by atoms with van der Waals surface area (Å²) in [7, 11) is 0. The molecule has 1 aromatic carbocycles. The molecule has 1 aliphatic rings. The van der Waals surface area contributed by atoms with Crippen LogP contribution in [0.3, 0.4) is 0 Å². The zero-order chi connectivity index (χ0) is 12.4. The Hall–Kier alpha value is -0.740. The maximum atomic E-state index is 13.1. The predicted molar refractivity (Wildman–Crippen MR) is 73.6 cm³/mol. The molecule has 2 nitrogen and oxygen atoms in total. The monoisotopic (exact) mass is 272 g/mol. The van der Waals surface area contributed by atoms with Crippen molar-refractivity contribution in [2.45, 2.75) is 19.9 Å². The van der Waals surface area contributed by atoms with Gasteiger partial charge in [-0.3, -0.25) is 4.99 Å². The highest BCUT2D eigenvalue weighted by atomic mass is 35.5. The smallest absolute Gasteiger partial charge is 0.161 e. The van der Waals surface area contributed by atoms with Crippen molar-refractivity contribution in [3.05, 3.63) is 29.0 Å². The summed E-state index contributed by atoms with van der Waals surface area (Å²) in [5.41, 5.74) is 0.569. The number of rotatable bonds is 1. The molecule has 0 bridgehead atoms. The van der Waals surface area contributed by atoms with E-state index in [0.29, 0.717) is 16.6 Å². The summed E-state index contributed by atoms with van der Waals surface area (Å²) < 4.78 is 13.1. The Bertz CT molecular complexity index is 450. The van der Waals surface area contributed by atoms with Crippen molar-refractivity contribution < 1.29 is 4.39 Å². The second kappa shape index (κ2) is 5.27. The third kappa shape index (κ3) is 3.13. The summed E-state index contributed by atoms with van der Waals surface area (Å²) in [5.74, 6) is 1.27. The number of halogens is 2. The average Bonchev–Trinajstić information content (AvgIpc) is 2.29. The minimum atomic E-state index is -0.306. The third-order valence-corrected chi connectivity index (χ3v) is 4.30. The van der Waals surface area contributed by atoms with E-state index >= 15 is 0 Å². The van der Waals surface area contributed by atoms with Crippen LogP contribution in [0, 0.1) is 11.7 Å². The number of anilines is 1. The maximum absolute atomic E-state index is 13.1. The molecule has 2 unspecified atom stereocenters. The second-order valence-electron chi connectivity index (χ2n) is 4.21. The molecule has 0 spiro atoms. The van der Waals surface area contributed by atoms with Gasteiger partial charge in [-0.1, -0.05) is 30.3 Å². The summed E-state index contributed by atoms with van der Waals surface area (Å²) in [6.45, 7) is 4.26. The Morgan fingerprint density at radius 1 is 1.47 bits per heavy atom. The topological polar surface area (TPSA) is 24.4 Å². The highest BCUT2D eigenvalue weighted by Gasteiger charge is 2.19. The number of thioether (sulfide) groups is 1. The molecular formula is C12H14ClFN2S. The highest BCUT2D eigenvalue weighted by molar-refractivity contribution is 8.14. The maximum Gasteiger partial charge on any atom is 0.161 e. The van der Waals surface area contributed by atoms with E-state index < -0.39 is 0 Å². The molecule has 0 fully saturated rings. The van der Waals surface area contributed by atoms with Crippen LogP contribution in [0.4, 0.5) is 10.1 Å². The molecule has 0 aliphatic carbocycles. The van der Waals surface area contributed by atoms with Crippen molar-refractivity contribution in [3.8, 4) is 0 Å². The molecule has 92 valence electrons. The van der Waals surface area contributed by atoms with Crippen LogP contribution in [0.2, 0.25) is 5.02 Å². The van der Waals surface area contributed by atoms with Crippen molar-refractivity contribution in [3.63, 3.8) is 0 Å². The Morgan fingerprint density at radius 2 is 2.24 bits per heavy atom. The molecule has 0 saturated heterocycles. The van der Waals surface area contributed by atoms with Crippen LogP contribution in [0.15, 0.2) is 23.2 Å². The molecule has 0 radical (unpaired) electrons. The highest BCUT2D eigenvalue weighted by Crippen LogP contribution is 2.27. The first-order chi connectivity index (χ1) is 8.06. The van der Waals surface area contributed by atoms with Gasteiger partial charge in [-0.2, -0.15) is 0 Å². The van der Waals surface area contributed by atoms with Gasteiger partial charge in [0, 0.05) is 5.75 Å². The molecule has 17 heavy (non-hydrogen) atoms. The lowest BCUT2D eigenvalue weighted by molar-refractivity contribution is 0.537. The first-order valence-electron chi connectivity index (χ1n) is 5.49. The minimum absolute atomic E-state index is 0.283. The first-order valence-corrected chi connectivity index (χ1v) is 6.85. The third-order valence-electron chi connectivity index (χ3n) is 2.80. The van der Waals surface area contributed by atoms with E-state index in [0.717, 1.165) is 10.9 Å². The summed E-state index contributed by atoms with van der Waals surface area (Å²) in [6, 6.07) is 4.55. The number of nitrogens with one attached hydrogen (secondary N) is 1. The van der Waals surface area contributed by atoms with Crippen molar-refractivity contribution in [1.29, 1.82) is 0 Å². The number of nitrogens with zero attached hydrogens (tertiary/aromatic N) is 1. The molecule has 1 aliphatic heterocycles. The molecule has 0 amide bonds. The standard InChI is InChI=1S/C12H14ClFN2S/c1-7-6-17-12(15-8(7)2)16-11-5-9(14)3-4-10(11)13/h3-5,7-8H,6H2,1-2H3,(H,15,16). The summed E-state index contributed by atoms with van der Waals surface area (Å²) in [6.07, 6.45) is 0. The van der Waals surface area contributed by atoms with Gasteiger partial charge in [-0.15, -0.1) is 0 Å². The Balaban J connectivity index is 2.16. The van der Waals surface area contributed by atoms with Gasteiger partial charge in [-0.05, 0) is 31.0 Å². The lowest BCUT2D eigenvalue weighted by atomic mass is 10.1. The normalized spacial score (nSPS) is 24.4. The molecule has 0 saturated carbocycles. The van der Waals surface area contributed by atoms with E-state index in [1.54, 1.807) is 17.8 Å². The quantitative estimate of drug-likeness (QED) is 0.835. The van der Waals surface area contributed by atoms with E-state index in [4.69, 9.17) is 11.6 Å². The van der Waals surface area contributed by atoms with Crippen molar-refractivity contribution in [1.82, 2.24) is 0 Å². The number of hydrogen-bond acceptors (Lipinski definition) is 3. The van der Waals surface area contributed by atoms with E-state index in [9.17, 15) is 4.39 Å². The van der Waals surface area contributed by atoms with Gasteiger partial charge >= 0.3 is 0 Å². The van der Waals surface area contributed by atoms with Crippen LogP contribution in [-0.2, 0) is 0 Å². The summed E-state index contributed by atoms with van der Waals surface area (Å²) in [5, 5.41) is 4.39. The SMILES string of the molecule is CC1CSC(Nc2cc(F)ccc2Cl)=NC1C. The van der Waals surface area contributed by atoms with Gasteiger partial charge < -0.3 is 5.32 Å². The summed E-state index contributed by atoms with van der Waals surface area (Å²) >= 11 is 7.63. The van der Waals surface area contributed by atoms with Gasteiger partial charge in [0.15, 0.2) is 5.17 Å². The molecule has 0 aromatic heterocycles. The molecule has 2 atom stereocenters. The largest absolute Gasteiger partial charge is 0.334 e. The van der Waals surface area contributed by atoms with Crippen molar-refractivity contribution in [2.24, 2.45) is 10.9 Å². The van der Waals surface area contributed by atoms with Crippen LogP contribution in [-0.4, -0.2) is 17.0 Å². The Labute approximate surface area is 110 Å². The fraction of sp³-hybridized carbons (Fsp3) is 0.417. The van der Waals surface area contributed by atoms with Crippen LogP contribution in [0.1, 0.15) is 13.8 Å². The zero-order valence-electron chi connectivity index (χ0n) is 9.71. The van der Waals surface area contributed by atoms with E-state index in [-0.39, 0.29) is 11.9 Å². The fourth-order valence-electron chi connectivity index (χ4n) is 1.48. The van der Waals surface area contributed by atoms with Gasteiger partial charge in [0.2, 0.25) is 0 Å². The molecule has 1 aromatic rings. The fourth-order valence-corrected chi connectivity index (χ4v) is 2.76. The number of amidine groups is 1. The van der Waals surface area contributed by atoms with E-state index in [2.05, 4.69) is 24.2 Å². The van der Waals surface area contributed by atoms with E-state index in [1.807, 2.05) is 0 Å². The van der Waals surface area contributed by atoms with Crippen LogP contribution in [0.5, 0.6) is 0 Å². The number of aliphatic imine (C=N–C) groups is 1. The van der Waals surface area contributed by atoms with Gasteiger partial charge in [0.25, 0.3) is 0 Å². The predicted octanol–water partition coefficient (Wildman–Crippen LogP) is 4.02. The van der Waals surface area contributed by atoms with Crippen LogP contribution >= 0.6 is 23.4 Å². The van der Waals surface area contributed by atoms with Crippen molar-refractivity contribution >= 4 is 34.2 Å². The lowest BCUT2D eigenvalue weighted by Gasteiger charge is -2.23. The average molecular weight is 273 g/mol. The molecular weight excluding hydrogens is 259 g/mol. The van der Waals surface area contributed by atoms with Crippen LogP contribution < -0.4 is 5.32 Å². The molecule has 1 heterocycles. The minimum Gasteiger partial charge on any atom is -0.334 e. The zero-order valence-corrected chi connectivity index (χ0v) is 11.3. The van der Waals surface area contributed by atoms with Crippen LogP contribution in [0.25, 0.3) is 0 Å². The van der Waals surface area contributed by atoms with E-state index in [1.165, 1.54) is 12.1 Å². The first kappa shape index (κ1) is 12.7.